The first kappa shape index (κ1) is 21.9. The van der Waals surface area contributed by atoms with E-state index in [-0.39, 0.29) is 18.1 Å². The van der Waals surface area contributed by atoms with Crippen LogP contribution in [0.2, 0.25) is 5.02 Å². The Morgan fingerprint density at radius 2 is 1.87 bits per heavy atom. The molecule has 1 atom stereocenters. The highest BCUT2D eigenvalue weighted by atomic mass is 35.5. The minimum Gasteiger partial charge on any atom is -0.489 e. The normalized spacial score (nSPS) is 24.1. The lowest BCUT2D eigenvalue weighted by atomic mass is 10.0. The van der Waals surface area contributed by atoms with Gasteiger partial charge in [0.05, 0.1) is 11.7 Å². The Hall–Kier alpha value is -1.30. The van der Waals surface area contributed by atoms with Crippen LogP contribution in [0, 0.1) is 0 Å². The van der Waals surface area contributed by atoms with Gasteiger partial charge in [-0.15, -0.1) is 0 Å². The van der Waals surface area contributed by atoms with Crippen LogP contribution < -0.4 is 4.74 Å². The molecule has 1 aromatic carbocycles. The van der Waals surface area contributed by atoms with Crippen molar-refractivity contribution in [3.05, 3.63) is 28.8 Å². The van der Waals surface area contributed by atoms with Gasteiger partial charge >= 0.3 is 0 Å². The van der Waals surface area contributed by atoms with E-state index in [9.17, 15) is 4.79 Å². The van der Waals surface area contributed by atoms with E-state index in [1.165, 1.54) is 25.7 Å². The van der Waals surface area contributed by atoms with E-state index >= 15 is 0 Å². The van der Waals surface area contributed by atoms with Crippen LogP contribution in [0.15, 0.2) is 18.2 Å². The maximum Gasteiger partial charge on any atom is 0.257 e. The zero-order valence-corrected chi connectivity index (χ0v) is 18.9. The Bertz CT molecular complexity index is 708. The lowest BCUT2D eigenvalue weighted by Crippen LogP contribution is -2.43. The molecule has 1 saturated carbocycles. The summed E-state index contributed by atoms with van der Waals surface area (Å²) in [4.78, 5) is 17.6. The number of hydrogen-bond donors (Lipinski definition) is 0. The van der Waals surface area contributed by atoms with Crippen molar-refractivity contribution in [2.75, 3.05) is 33.3 Å². The molecule has 0 N–H and O–H groups in total. The van der Waals surface area contributed by atoms with Crippen molar-refractivity contribution in [3.8, 4) is 5.75 Å². The summed E-state index contributed by atoms with van der Waals surface area (Å²) in [6.07, 6.45) is 11.0. The highest BCUT2D eigenvalue weighted by Crippen LogP contribution is 2.30. The Balaban J connectivity index is 1.37. The second kappa shape index (κ2) is 10.3. The van der Waals surface area contributed by atoms with Crippen molar-refractivity contribution in [1.82, 2.24) is 9.80 Å². The Morgan fingerprint density at radius 3 is 2.57 bits per heavy atom. The quantitative estimate of drug-likeness (QED) is 0.646. The summed E-state index contributed by atoms with van der Waals surface area (Å²) >= 11 is 6.23. The lowest BCUT2D eigenvalue weighted by molar-refractivity contribution is -0.000329. The molecule has 2 aliphatic heterocycles. The van der Waals surface area contributed by atoms with Crippen molar-refractivity contribution in [1.29, 1.82) is 0 Å². The number of halogens is 1. The molecule has 0 spiro atoms. The molecule has 166 valence electrons. The number of nitrogens with zero attached hydrogens (tertiary/aromatic N) is 2. The van der Waals surface area contributed by atoms with Gasteiger partial charge in [-0.05, 0) is 63.1 Å². The summed E-state index contributed by atoms with van der Waals surface area (Å²) < 4.78 is 12.2. The SMILES string of the molecule is CN(CC1CCCCO1)C(=O)c1cc(Cl)ccc1OC1CCN(C2CCCC2)CC1. The van der Waals surface area contributed by atoms with Gasteiger partial charge in [0, 0.05) is 44.4 Å². The molecule has 0 bridgehead atoms. The van der Waals surface area contributed by atoms with Crippen molar-refractivity contribution < 1.29 is 14.3 Å². The predicted octanol–water partition coefficient (Wildman–Crippen LogP) is 4.77. The standard InChI is InChI=1S/C24H35ClN2O3/c1-26(17-21-8-4-5-15-29-21)24(28)22-16-18(25)9-10-23(22)30-20-11-13-27(14-12-20)19-6-2-3-7-19/h9-10,16,19-21H,2-8,11-15,17H2,1H3. The molecular weight excluding hydrogens is 400 g/mol. The minimum absolute atomic E-state index is 0.0509. The molecule has 1 amide bonds. The number of likely N-dealkylation sites (N-methyl/N-ethyl adjacent to an activating group) is 1. The average molecular weight is 435 g/mol. The van der Waals surface area contributed by atoms with E-state index in [0.29, 0.717) is 22.9 Å². The van der Waals surface area contributed by atoms with Gasteiger partial charge in [0.1, 0.15) is 11.9 Å². The van der Waals surface area contributed by atoms with E-state index in [1.807, 2.05) is 19.2 Å². The number of piperidine rings is 1. The summed E-state index contributed by atoms with van der Waals surface area (Å²) in [6.45, 7) is 3.57. The Morgan fingerprint density at radius 1 is 1.13 bits per heavy atom. The second-order valence-corrected chi connectivity index (χ2v) is 9.54. The molecule has 3 fully saturated rings. The molecule has 3 aliphatic rings. The third-order valence-corrected chi connectivity index (χ3v) is 7.12. The van der Waals surface area contributed by atoms with Crippen LogP contribution >= 0.6 is 11.6 Å². The number of carbonyl (C=O) groups excluding carboxylic acids is 1. The van der Waals surface area contributed by atoms with Gasteiger partial charge in [-0.25, -0.2) is 0 Å². The van der Waals surface area contributed by atoms with Gasteiger partial charge in [-0.1, -0.05) is 24.4 Å². The zero-order chi connectivity index (χ0) is 20.9. The van der Waals surface area contributed by atoms with E-state index in [1.54, 1.807) is 11.0 Å². The molecule has 2 heterocycles. The third-order valence-electron chi connectivity index (χ3n) is 6.88. The molecule has 0 radical (unpaired) electrons. The molecule has 6 heteroatoms. The first-order valence-electron chi connectivity index (χ1n) is 11.7. The fourth-order valence-corrected chi connectivity index (χ4v) is 5.30. The summed E-state index contributed by atoms with van der Waals surface area (Å²) in [5.74, 6) is 0.602. The molecule has 2 saturated heterocycles. The topological polar surface area (TPSA) is 42.0 Å². The summed E-state index contributed by atoms with van der Waals surface area (Å²) in [5.41, 5.74) is 0.555. The first-order chi connectivity index (χ1) is 14.6. The number of carbonyl (C=O) groups is 1. The van der Waals surface area contributed by atoms with Crippen molar-refractivity contribution >= 4 is 17.5 Å². The zero-order valence-electron chi connectivity index (χ0n) is 18.2. The summed E-state index contributed by atoms with van der Waals surface area (Å²) in [5, 5.41) is 0.559. The van der Waals surface area contributed by atoms with E-state index in [2.05, 4.69) is 4.90 Å². The van der Waals surface area contributed by atoms with Crippen molar-refractivity contribution in [3.63, 3.8) is 0 Å². The van der Waals surface area contributed by atoms with Crippen LogP contribution in [0.5, 0.6) is 5.75 Å². The monoisotopic (exact) mass is 434 g/mol. The smallest absolute Gasteiger partial charge is 0.257 e. The molecule has 1 aliphatic carbocycles. The van der Waals surface area contributed by atoms with Gasteiger partial charge in [0.25, 0.3) is 5.91 Å². The lowest BCUT2D eigenvalue weighted by Gasteiger charge is -2.36. The van der Waals surface area contributed by atoms with E-state index in [4.69, 9.17) is 21.1 Å². The molecule has 5 nitrogen and oxygen atoms in total. The molecule has 30 heavy (non-hydrogen) atoms. The predicted molar refractivity (Wildman–Crippen MR) is 119 cm³/mol. The Labute approximate surface area is 185 Å². The first-order valence-corrected chi connectivity index (χ1v) is 12.1. The van der Waals surface area contributed by atoms with Crippen molar-refractivity contribution in [2.24, 2.45) is 0 Å². The molecule has 4 rings (SSSR count). The number of ether oxygens (including phenoxy) is 2. The van der Waals surface area contributed by atoms with Crippen LogP contribution in [0.3, 0.4) is 0 Å². The molecule has 1 unspecified atom stereocenters. The highest BCUT2D eigenvalue weighted by Gasteiger charge is 2.29. The second-order valence-electron chi connectivity index (χ2n) is 9.11. The fourth-order valence-electron chi connectivity index (χ4n) is 5.13. The molecule has 1 aromatic rings. The van der Waals surface area contributed by atoms with Gasteiger partial charge in [0.2, 0.25) is 0 Å². The van der Waals surface area contributed by atoms with Crippen LogP contribution in [-0.2, 0) is 4.74 Å². The summed E-state index contributed by atoms with van der Waals surface area (Å²) in [7, 11) is 1.84. The van der Waals surface area contributed by atoms with Crippen LogP contribution in [0.4, 0.5) is 0 Å². The summed E-state index contributed by atoms with van der Waals surface area (Å²) in [6, 6.07) is 6.18. The highest BCUT2D eigenvalue weighted by molar-refractivity contribution is 6.31. The van der Waals surface area contributed by atoms with E-state index < -0.39 is 0 Å². The van der Waals surface area contributed by atoms with Gasteiger partial charge < -0.3 is 19.3 Å². The molecule has 0 aromatic heterocycles. The number of likely N-dealkylation sites (tertiary alicyclic amines) is 1. The maximum atomic E-state index is 13.2. The van der Waals surface area contributed by atoms with E-state index in [0.717, 1.165) is 57.8 Å². The Kier molecular flexibility index (Phi) is 7.55. The largest absolute Gasteiger partial charge is 0.489 e. The number of rotatable bonds is 6. The number of amides is 1. The van der Waals surface area contributed by atoms with Crippen molar-refractivity contribution in [2.45, 2.75) is 76.0 Å². The van der Waals surface area contributed by atoms with Gasteiger partial charge in [-0.2, -0.15) is 0 Å². The number of benzene rings is 1. The van der Waals surface area contributed by atoms with Gasteiger partial charge in [-0.3, -0.25) is 4.79 Å². The minimum atomic E-state index is -0.0509. The van der Waals surface area contributed by atoms with Crippen LogP contribution in [0.1, 0.15) is 68.1 Å². The van der Waals surface area contributed by atoms with Crippen LogP contribution in [-0.4, -0.2) is 67.2 Å². The van der Waals surface area contributed by atoms with Gasteiger partial charge in [0.15, 0.2) is 0 Å². The number of hydrogen-bond acceptors (Lipinski definition) is 4. The maximum absolute atomic E-state index is 13.2. The fraction of sp³-hybridized carbons (Fsp3) is 0.708. The van der Waals surface area contributed by atoms with Crippen LogP contribution in [0.25, 0.3) is 0 Å². The third kappa shape index (κ3) is 5.49. The average Bonchev–Trinajstić information content (AvgIpc) is 3.30. The molecular formula is C24H35ClN2O3.